The van der Waals surface area contributed by atoms with Crippen LogP contribution in [0.4, 0.5) is 5.82 Å². The Kier molecular flexibility index (Phi) is 3.28. The maximum atomic E-state index is 7.65. The molecule has 0 radical (unpaired) electrons. The number of aryl methyl sites for hydroxylation is 1. The zero-order chi connectivity index (χ0) is 13.3. The third-order valence-corrected chi connectivity index (χ3v) is 3.72. The molecule has 0 unspecified atom stereocenters. The van der Waals surface area contributed by atoms with E-state index < -0.39 is 0 Å². The smallest absolute Gasteiger partial charge is 0.139 e. The number of pyridine rings is 1. The minimum atomic E-state index is 0.0994. The first-order valence-corrected chi connectivity index (χ1v) is 6.46. The highest BCUT2D eigenvalue weighted by atomic mass is 15.2. The van der Waals surface area contributed by atoms with Gasteiger partial charge in [-0.15, -0.1) is 0 Å². The highest BCUT2D eigenvalue weighted by molar-refractivity contribution is 5.99. The standard InChI is InChI=1S/C14H22N4/c1-10-4-5-11(12(15)16)13(17-10)18-8-6-14(2,3)7-9-18/h4-5H,6-9H2,1-3H3,(H3,15,16). The minimum Gasteiger partial charge on any atom is -0.384 e. The monoisotopic (exact) mass is 246 g/mol. The molecule has 3 N–H and O–H groups in total. The molecule has 2 heterocycles. The molecular formula is C14H22N4. The van der Waals surface area contributed by atoms with Crippen molar-refractivity contribution in [2.45, 2.75) is 33.6 Å². The summed E-state index contributed by atoms with van der Waals surface area (Å²) in [5, 5.41) is 7.65. The maximum absolute atomic E-state index is 7.65. The summed E-state index contributed by atoms with van der Waals surface area (Å²) >= 11 is 0. The molecule has 1 fully saturated rings. The molecule has 0 atom stereocenters. The van der Waals surface area contributed by atoms with Gasteiger partial charge in [0, 0.05) is 18.8 Å². The molecule has 0 saturated carbocycles. The molecule has 1 saturated heterocycles. The second kappa shape index (κ2) is 4.59. The van der Waals surface area contributed by atoms with E-state index in [1.807, 2.05) is 19.1 Å². The Morgan fingerprint density at radius 3 is 2.50 bits per heavy atom. The Bertz CT molecular complexity index is 455. The van der Waals surface area contributed by atoms with Gasteiger partial charge in [-0.1, -0.05) is 13.8 Å². The SMILES string of the molecule is Cc1ccc(C(=N)N)c(N2CCC(C)(C)CC2)n1. The van der Waals surface area contributed by atoms with Gasteiger partial charge in [0.15, 0.2) is 0 Å². The first-order chi connectivity index (χ1) is 8.39. The largest absolute Gasteiger partial charge is 0.384 e. The van der Waals surface area contributed by atoms with Crippen molar-refractivity contribution in [2.24, 2.45) is 11.1 Å². The Hall–Kier alpha value is -1.58. The van der Waals surface area contributed by atoms with Gasteiger partial charge in [-0.25, -0.2) is 4.98 Å². The fraction of sp³-hybridized carbons (Fsp3) is 0.571. The Balaban J connectivity index is 2.28. The molecule has 1 aromatic rings. The molecular weight excluding hydrogens is 224 g/mol. The van der Waals surface area contributed by atoms with Gasteiger partial charge >= 0.3 is 0 Å². The molecule has 0 aliphatic carbocycles. The van der Waals surface area contributed by atoms with Crippen LogP contribution in [0.3, 0.4) is 0 Å². The summed E-state index contributed by atoms with van der Waals surface area (Å²) in [5.74, 6) is 0.973. The van der Waals surface area contributed by atoms with E-state index in [1.54, 1.807) is 0 Å². The van der Waals surface area contributed by atoms with Gasteiger partial charge in [-0.05, 0) is 37.3 Å². The molecule has 2 rings (SSSR count). The molecule has 1 aliphatic rings. The summed E-state index contributed by atoms with van der Waals surface area (Å²) in [4.78, 5) is 6.83. The summed E-state index contributed by atoms with van der Waals surface area (Å²) in [6.45, 7) is 8.56. The lowest BCUT2D eigenvalue weighted by molar-refractivity contribution is 0.279. The third kappa shape index (κ3) is 2.63. The Labute approximate surface area is 109 Å². The van der Waals surface area contributed by atoms with Crippen molar-refractivity contribution in [3.8, 4) is 0 Å². The van der Waals surface area contributed by atoms with Crippen LogP contribution in [0.15, 0.2) is 12.1 Å². The van der Waals surface area contributed by atoms with Crippen LogP contribution in [-0.2, 0) is 0 Å². The van der Waals surface area contributed by atoms with Crippen LogP contribution < -0.4 is 10.6 Å². The predicted octanol–water partition coefficient (Wildman–Crippen LogP) is 2.30. The fourth-order valence-corrected chi connectivity index (χ4v) is 2.32. The summed E-state index contributed by atoms with van der Waals surface area (Å²) in [7, 11) is 0. The molecule has 0 spiro atoms. The molecule has 0 aromatic carbocycles. The van der Waals surface area contributed by atoms with Crippen LogP contribution in [0.5, 0.6) is 0 Å². The van der Waals surface area contributed by atoms with E-state index >= 15 is 0 Å². The lowest BCUT2D eigenvalue weighted by Gasteiger charge is -2.38. The van der Waals surface area contributed by atoms with Crippen LogP contribution in [0.2, 0.25) is 0 Å². The summed E-state index contributed by atoms with van der Waals surface area (Å²) < 4.78 is 0. The van der Waals surface area contributed by atoms with Crippen molar-refractivity contribution < 1.29 is 0 Å². The van der Waals surface area contributed by atoms with E-state index in [-0.39, 0.29) is 5.84 Å². The predicted molar refractivity (Wildman–Crippen MR) is 75.2 cm³/mol. The number of rotatable bonds is 2. The third-order valence-electron chi connectivity index (χ3n) is 3.72. The van der Waals surface area contributed by atoms with E-state index in [2.05, 4.69) is 23.7 Å². The summed E-state index contributed by atoms with van der Waals surface area (Å²) in [6.07, 6.45) is 2.31. The van der Waals surface area contributed by atoms with Crippen LogP contribution >= 0.6 is 0 Å². The lowest BCUT2D eigenvalue weighted by atomic mass is 9.82. The quantitative estimate of drug-likeness (QED) is 0.621. The summed E-state index contributed by atoms with van der Waals surface area (Å²) in [5.41, 5.74) is 7.78. The van der Waals surface area contributed by atoms with Crippen molar-refractivity contribution in [3.63, 3.8) is 0 Å². The van der Waals surface area contributed by atoms with Gasteiger partial charge in [0.05, 0.1) is 5.56 Å². The number of nitrogen functional groups attached to an aromatic ring is 1. The number of aromatic nitrogens is 1. The van der Waals surface area contributed by atoms with Crippen molar-refractivity contribution in [2.75, 3.05) is 18.0 Å². The molecule has 98 valence electrons. The van der Waals surface area contributed by atoms with Crippen molar-refractivity contribution in [1.82, 2.24) is 4.98 Å². The molecule has 18 heavy (non-hydrogen) atoms. The van der Waals surface area contributed by atoms with Crippen LogP contribution in [0, 0.1) is 17.7 Å². The highest BCUT2D eigenvalue weighted by Crippen LogP contribution is 2.32. The number of anilines is 1. The Morgan fingerprint density at radius 2 is 1.94 bits per heavy atom. The number of hydrogen-bond acceptors (Lipinski definition) is 3. The topological polar surface area (TPSA) is 66.0 Å². The number of piperidine rings is 1. The van der Waals surface area contributed by atoms with Crippen molar-refractivity contribution in [1.29, 1.82) is 5.41 Å². The first-order valence-electron chi connectivity index (χ1n) is 6.46. The van der Waals surface area contributed by atoms with Crippen LogP contribution in [-0.4, -0.2) is 23.9 Å². The van der Waals surface area contributed by atoms with Gasteiger partial charge in [-0.3, -0.25) is 5.41 Å². The van der Waals surface area contributed by atoms with E-state index in [0.717, 1.165) is 43.0 Å². The number of amidine groups is 1. The molecule has 1 aromatic heterocycles. The fourth-order valence-electron chi connectivity index (χ4n) is 2.32. The molecule has 4 heteroatoms. The molecule has 1 aliphatic heterocycles. The number of hydrogen-bond donors (Lipinski definition) is 2. The second-order valence-corrected chi connectivity index (χ2v) is 5.89. The zero-order valence-corrected chi connectivity index (χ0v) is 11.5. The number of nitrogens with two attached hydrogens (primary N) is 1. The second-order valence-electron chi connectivity index (χ2n) is 5.89. The van der Waals surface area contributed by atoms with E-state index in [9.17, 15) is 0 Å². The van der Waals surface area contributed by atoms with E-state index in [0.29, 0.717) is 5.41 Å². The molecule has 0 amide bonds. The highest BCUT2D eigenvalue weighted by Gasteiger charge is 2.27. The maximum Gasteiger partial charge on any atom is 0.139 e. The first kappa shape index (κ1) is 12.9. The van der Waals surface area contributed by atoms with Crippen LogP contribution in [0.25, 0.3) is 0 Å². The van der Waals surface area contributed by atoms with Gasteiger partial charge in [0.25, 0.3) is 0 Å². The van der Waals surface area contributed by atoms with Crippen molar-refractivity contribution >= 4 is 11.7 Å². The Morgan fingerprint density at radius 1 is 1.33 bits per heavy atom. The van der Waals surface area contributed by atoms with Crippen molar-refractivity contribution in [3.05, 3.63) is 23.4 Å². The van der Waals surface area contributed by atoms with Gasteiger partial charge in [-0.2, -0.15) is 0 Å². The van der Waals surface area contributed by atoms with Crippen LogP contribution in [0.1, 0.15) is 37.9 Å². The van der Waals surface area contributed by atoms with Gasteiger partial charge in [0.1, 0.15) is 11.7 Å². The van der Waals surface area contributed by atoms with Gasteiger partial charge < -0.3 is 10.6 Å². The average molecular weight is 246 g/mol. The van der Waals surface area contributed by atoms with E-state index in [4.69, 9.17) is 11.1 Å². The summed E-state index contributed by atoms with van der Waals surface area (Å²) in [6, 6.07) is 3.81. The molecule has 4 nitrogen and oxygen atoms in total. The number of nitrogens with one attached hydrogen (secondary N) is 1. The molecule has 0 bridgehead atoms. The van der Waals surface area contributed by atoms with Gasteiger partial charge in [0.2, 0.25) is 0 Å². The average Bonchev–Trinajstić information content (AvgIpc) is 2.28. The minimum absolute atomic E-state index is 0.0994. The number of nitrogens with zero attached hydrogens (tertiary/aromatic N) is 2. The normalized spacial score (nSPS) is 18.7. The zero-order valence-electron chi connectivity index (χ0n) is 11.5. The van der Waals surface area contributed by atoms with E-state index in [1.165, 1.54) is 0 Å². The lowest BCUT2D eigenvalue weighted by Crippen LogP contribution is -2.39.